The molecule has 1 amide bonds. The lowest BCUT2D eigenvalue weighted by molar-refractivity contribution is -0.118. The number of nitrogens with zero attached hydrogens (tertiary/aromatic N) is 2. The van der Waals surface area contributed by atoms with Crippen molar-refractivity contribution >= 4 is 23.0 Å². The number of carbonyl (C=O) groups is 1. The molecule has 82 valence electrons. The van der Waals surface area contributed by atoms with Crippen LogP contribution in [0.5, 0.6) is 0 Å². The van der Waals surface area contributed by atoms with Crippen LogP contribution in [0.1, 0.15) is 12.5 Å². The molecule has 1 aromatic carbocycles. The summed E-state index contributed by atoms with van der Waals surface area (Å²) in [6.07, 6.45) is 3.83. The van der Waals surface area contributed by atoms with Crippen molar-refractivity contribution in [1.82, 2.24) is 20.7 Å². The summed E-state index contributed by atoms with van der Waals surface area (Å²) in [4.78, 5) is 10.6. The van der Waals surface area contributed by atoms with Crippen LogP contribution in [0.25, 0.3) is 17.1 Å². The summed E-state index contributed by atoms with van der Waals surface area (Å²) in [6.45, 7) is 2.03. The first-order valence-electron chi connectivity index (χ1n) is 4.97. The lowest BCUT2D eigenvalue weighted by Gasteiger charge is -1.95. The summed E-state index contributed by atoms with van der Waals surface area (Å²) >= 11 is 0. The van der Waals surface area contributed by atoms with Gasteiger partial charge in [0.25, 0.3) is 0 Å². The maximum atomic E-state index is 10.6. The largest absolute Gasteiger partial charge is 0.353 e. The third-order valence-corrected chi connectivity index (χ3v) is 2.12. The first-order chi connectivity index (χ1) is 7.75. The molecule has 0 saturated carbocycles. The average Bonchev–Trinajstić information content (AvgIpc) is 2.71. The molecule has 16 heavy (non-hydrogen) atoms. The Labute approximate surface area is 92.5 Å². The monoisotopic (exact) mass is 216 g/mol. The zero-order valence-corrected chi connectivity index (χ0v) is 8.90. The number of hydrogen-bond donors (Lipinski definition) is 2. The summed E-state index contributed by atoms with van der Waals surface area (Å²) in [5, 5.41) is 13.2. The molecule has 0 spiro atoms. The minimum atomic E-state index is -0.0309. The van der Waals surface area contributed by atoms with E-state index >= 15 is 0 Å². The Morgan fingerprint density at radius 2 is 2.25 bits per heavy atom. The molecule has 2 rings (SSSR count). The molecule has 5 nitrogen and oxygen atoms in total. The van der Waals surface area contributed by atoms with Crippen LogP contribution in [-0.4, -0.2) is 27.9 Å². The molecule has 1 aromatic heterocycles. The molecule has 2 N–H and O–H groups in total. The highest BCUT2D eigenvalue weighted by molar-refractivity contribution is 5.77. The van der Waals surface area contributed by atoms with Gasteiger partial charge in [-0.05, 0) is 17.7 Å². The molecule has 0 fully saturated rings. The van der Waals surface area contributed by atoms with Crippen molar-refractivity contribution in [3.63, 3.8) is 0 Å². The van der Waals surface area contributed by atoms with Crippen LogP contribution in [0.4, 0.5) is 0 Å². The molecule has 0 saturated heterocycles. The van der Waals surface area contributed by atoms with E-state index < -0.39 is 0 Å². The zero-order valence-electron chi connectivity index (χ0n) is 8.90. The van der Waals surface area contributed by atoms with Crippen LogP contribution in [0.15, 0.2) is 24.3 Å². The highest BCUT2D eigenvalue weighted by atomic mass is 16.1. The number of benzene rings is 1. The second-order valence-electron chi connectivity index (χ2n) is 3.41. The fourth-order valence-corrected chi connectivity index (χ4v) is 1.36. The zero-order chi connectivity index (χ0) is 11.4. The number of hydrogen-bond acceptors (Lipinski definition) is 3. The van der Waals surface area contributed by atoms with E-state index in [1.54, 1.807) is 0 Å². The van der Waals surface area contributed by atoms with Gasteiger partial charge in [0.2, 0.25) is 5.91 Å². The molecular formula is C11H12N4O. The standard InChI is InChI=1S/C11H12N4O/c1-8(16)12-6-2-3-9-4-5-10-11(7-9)14-15-13-10/h2-5,7H,6H2,1H3,(H,12,16)(H,13,14,15). The normalized spacial score (nSPS) is 11.1. The van der Waals surface area contributed by atoms with E-state index in [1.165, 1.54) is 6.92 Å². The van der Waals surface area contributed by atoms with Crippen molar-refractivity contribution in [3.05, 3.63) is 29.8 Å². The van der Waals surface area contributed by atoms with Crippen LogP contribution in [-0.2, 0) is 4.79 Å². The van der Waals surface area contributed by atoms with Gasteiger partial charge in [-0.3, -0.25) is 4.79 Å². The van der Waals surface area contributed by atoms with Gasteiger partial charge in [-0.2, -0.15) is 15.4 Å². The van der Waals surface area contributed by atoms with E-state index in [1.807, 2.05) is 30.4 Å². The van der Waals surface area contributed by atoms with E-state index in [4.69, 9.17) is 0 Å². The number of aromatic amines is 1. The smallest absolute Gasteiger partial charge is 0.217 e. The fraction of sp³-hybridized carbons (Fsp3) is 0.182. The van der Waals surface area contributed by atoms with Crippen LogP contribution < -0.4 is 5.32 Å². The minimum absolute atomic E-state index is 0.0309. The number of carbonyl (C=O) groups excluding carboxylic acids is 1. The first-order valence-corrected chi connectivity index (χ1v) is 4.97. The van der Waals surface area contributed by atoms with E-state index in [9.17, 15) is 4.79 Å². The van der Waals surface area contributed by atoms with Crippen molar-refractivity contribution in [3.8, 4) is 0 Å². The SMILES string of the molecule is CC(=O)NCC=Cc1ccc2n[nH]nc2c1. The molecule has 0 bridgehead atoms. The number of aromatic nitrogens is 3. The summed E-state index contributed by atoms with van der Waals surface area (Å²) in [5.74, 6) is -0.0309. The van der Waals surface area contributed by atoms with Gasteiger partial charge in [0.1, 0.15) is 11.0 Å². The Bertz CT molecular complexity index is 530. The first kappa shape index (κ1) is 10.4. The summed E-state index contributed by atoms with van der Waals surface area (Å²) in [6, 6.07) is 5.79. The van der Waals surface area contributed by atoms with Crippen molar-refractivity contribution in [1.29, 1.82) is 0 Å². The number of nitrogens with one attached hydrogen (secondary N) is 2. The highest BCUT2D eigenvalue weighted by Gasteiger charge is 1.96. The molecule has 0 unspecified atom stereocenters. The van der Waals surface area contributed by atoms with Gasteiger partial charge in [0, 0.05) is 13.5 Å². The highest BCUT2D eigenvalue weighted by Crippen LogP contribution is 2.11. The van der Waals surface area contributed by atoms with E-state index in [0.29, 0.717) is 6.54 Å². The molecule has 2 aromatic rings. The van der Waals surface area contributed by atoms with E-state index in [-0.39, 0.29) is 5.91 Å². The second kappa shape index (κ2) is 4.57. The quantitative estimate of drug-likeness (QED) is 0.807. The van der Waals surface area contributed by atoms with Gasteiger partial charge < -0.3 is 5.32 Å². The lowest BCUT2D eigenvalue weighted by atomic mass is 10.2. The van der Waals surface area contributed by atoms with Crippen LogP contribution in [0, 0.1) is 0 Å². The maximum absolute atomic E-state index is 10.6. The number of rotatable bonds is 3. The maximum Gasteiger partial charge on any atom is 0.217 e. The van der Waals surface area contributed by atoms with Crippen LogP contribution in [0.3, 0.4) is 0 Å². The van der Waals surface area contributed by atoms with Gasteiger partial charge in [0.15, 0.2) is 0 Å². The molecular weight excluding hydrogens is 204 g/mol. The van der Waals surface area contributed by atoms with Gasteiger partial charge >= 0.3 is 0 Å². The number of fused-ring (bicyclic) bond motifs is 1. The van der Waals surface area contributed by atoms with Gasteiger partial charge in [-0.1, -0.05) is 18.2 Å². The molecule has 0 aliphatic rings. The van der Waals surface area contributed by atoms with Crippen molar-refractivity contribution in [2.45, 2.75) is 6.92 Å². The molecule has 1 heterocycles. The molecule has 0 radical (unpaired) electrons. The van der Waals surface area contributed by atoms with Crippen molar-refractivity contribution < 1.29 is 4.79 Å². The van der Waals surface area contributed by atoms with Crippen molar-refractivity contribution in [2.24, 2.45) is 0 Å². The molecule has 5 heteroatoms. The fourth-order valence-electron chi connectivity index (χ4n) is 1.36. The third kappa shape index (κ3) is 2.44. The average molecular weight is 216 g/mol. The third-order valence-electron chi connectivity index (χ3n) is 2.12. The molecule has 0 aliphatic heterocycles. The Morgan fingerprint density at radius 1 is 1.44 bits per heavy atom. The van der Waals surface area contributed by atoms with E-state index in [0.717, 1.165) is 16.6 Å². The Balaban J connectivity index is 2.06. The second-order valence-corrected chi connectivity index (χ2v) is 3.41. The molecule has 0 atom stereocenters. The Hall–Kier alpha value is -2.17. The molecule has 0 aliphatic carbocycles. The minimum Gasteiger partial charge on any atom is -0.353 e. The Morgan fingerprint density at radius 3 is 3.06 bits per heavy atom. The number of amides is 1. The number of H-pyrrole nitrogens is 1. The predicted molar refractivity (Wildman–Crippen MR) is 61.6 cm³/mol. The van der Waals surface area contributed by atoms with Crippen LogP contribution >= 0.6 is 0 Å². The van der Waals surface area contributed by atoms with E-state index in [2.05, 4.69) is 20.7 Å². The topological polar surface area (TPSA) is 70.7 Å². The Kier molecular flexibility index (Phi) is 2.95. The van der Waals surface area contributed by atoms with Gasteiger partial charge in [-0.25, -0.2) is 0 Å². The summed E-state index contributed by atoms with van der Waals surface area (Å²) in [7, 11) is 0. The summed E-state index contributed by atoms with van der Waals surface area (Å²) in [5.41, 5.74) is 2.72. The predicted octanol–water partition coefficient (Wildman–Crippen LogP) is 1.11. The van der Waals surface area contributed by atoms with Crippen LogP contribution in [0.2, 0.25) is 0 Å². The summed E-state index contributed by atoms with van der Waals surface area (Å²) < 4.78 is 0. The van der Waals surface area contributed by atoms with Gasteiger partial charge in [-0.15, -0.1) is 0 Å². The van der Waals surface area contributed by atoms with Crippen molar-refractivity contribution in [2.75, 3.05) is 6.54 Å². The van der Waals surface area contributed by atoms with Gasteiger partial charge in [0.05, 0.1) is 0 Å². The lowest BCUT2D eigenvalue weighted by Crippen LogP contribution is -2.19.